The lowest BCUT2D eigenvalue weighted by molar-refractivity contribution is -0.137. The van der Waals surface area contributed by atoms with Crippen LogP contribution in [0.3, 0.4) is 0 Å². The number of carbonyl (C=O) groups excluding carboxylic acids is 2. The Hall–Kier alpha value is -4.32. The fourth-order valence-electron chi connectivity index (χ4n) is 3.91. The van der Waals surface area contributed by atoms with Gasteiger partial charge in [-0.3, -0.25) is 9.69 Å². The van der Waals surface area contributed by atoms with Gasteiger partial charge in [0, 0.05) is 36.6 Å². The average molecular weight is 478 g/mol. The van der Waals surface area contributed by atoms with Gasteiger partial charge in [-0.1, -0.05) is 24.3 Å². The second-order valence-electron chi connectivity index (χ2n) is 8.06. The summed E-state index contributed by atoms with van der Waals surface area (Å²) in [6, 6.07) is 19.7. The van der Waals surface area contributed by atoms with E-state index in [1.165, 1.54) is 0 Å². The molecule has 3 amide bonds. The maximum absolute atomic E-state index is 13.2. The summed E-state index contributed by atoms with van der Waals surface area (Å²) in [5.41, 5.74) is 1.53. The minimum absolute atomic E-state index is 0.0831. The van der Waals surface area contributed by atoms with Gasteiger partial charge in [0.25, 0.3) is 5.91 Å². The summed E-state index contributed by atoms with van der Waals surface area (Å²) in [6.07, 6.45) is -3.75. The fraction of sp³-hybridized carbons (Fsp3) is 0.192. The molecule has 0 radical (unpaired) electrons. The molecule has 3 aromatic rings. The second kappa shape index (κ2) is 9.89. The average Bonchev–Trinajstić information content (AvgIpc) is 2.85. The van der Waals surface area contributed by atoms with Crippen LogP contribution in [0.2, 0.25) is 0 Å². The first-order valence-corrected chi connectivity index (χ1v) is 10.9. The molecule has 1 N–H and O–H groups in total. The summed E-state index contributed by atoms with van der Waals surface area (Å²) >= 11 is 0. The number of nitrogens with one attached hydrogen (secondary N) is 1. The number of amides is 3. The van der Waals surface area contributed by atoms with E-state index >= 15 is 0 Å². The summed E-state index contributed by atoms with van der Waals surface area (Å²) in [5, 5.41) is 12.0. The third kappa shape index (κ3) is 5.44. The molecule has 0 atom stereocenters. The smallest absolute Gasteiger partial charge is 0.322 e. The second-order valence-corrected chi connectivity index (χ2v) is 8.06. The van der Waals surface area contributed by atoms with E-state index in [0.29, 0.717) is 36.6 Å². The number of nitriles is 1. The van der Waals surface area contributed by atoms with E-state index in [-0.39, 0.29) is 11.6 Å². The number of benzene rings is 3. The molecule has 9 heteroatoms. The molecule has 1 aliphatic rings. The Balaban J connectivity index is 1.47. The minimum Gasteiger partial charge on any atom is -0.322 e. The van der Waals surface area contributed by atoms with Gasteiger partial charge < -0.3 is 10.2 Å². The van der Waals surface area contributed by atoms with E-state index in [9.17, 15) is 28.0 Å². The Kier molecular flexibility index (Phi) is 6.73. The lowest BCUT2D eigenvalue weighted by Gasteiger charge is -2.36. The number of alkyl halides is 3. The number of rotatable bonds is 5. The van der Waals surface area contributed by atoms with Crippen LogP contribution >= 0.6 is 0 Å². The van der Waals surface area contributed by atoms with E-state index in [0.717, 1.165) is 36.2 Å². The molecule has 0 aromatic heterocycles. The Labute approximate surface area is 200 Å². The van der Waals surface area contributed by atoms with E-state index in [4.69, 9.17) is 0 Å². The van der Waals surface area contributed by atoms with Gasteiger partial charge in [-0.15, -0.1) is 0 Å². The monoisotopic (exact) mass is 478 g/mol. The Morgan fingerprint density at radius 2 is 1.74 bits per heavy atom. The summed E-state index contributed by atoms with van der Waals surface area (Å²) in [5.74, 6) is -0.560. The largest absolute Gasteiger partial charge is 0.416 e. The van der Waals surface area contributed by atoms with Gasteiger partial charge in [-0.25, -0.2) is 4.79 Å². The highest BCUT2D eigenvalue weighted by Crippen LogP contribution is 2.29. The maximum Gasteiger partial charge on any atom is 0.416 e. The van der Waals surface area contributed by atoms with E-state index in [1.54, 1.807) is 46.2 Å². The molecule has 35 heavy (non-hydrogen) atoms. The molecule has 0 aliphatic carbocycles. The summed E-state index contributed by atoms with van der Waals surface area (Å²) in [7, 11) is 0. The van der Waals surface area contributed by atoms with Crippen molar-refractivity contribution in [2.24, 2.45) is 0 Å². The lowest BCUT2D eigenvalue weighted by Crippen LogP contribution is -2.49. The topological polar surface area (TPSA) is 76.4 Å². The molecule has 6 nitrogen and oxygen atoms in total. The zero-order valence-electron chi connectivity index (χ0n) is 18.5. The normalized spacial score (nSPS) is 13.9. The molecule has 0 spiro atoms. The van der Waals surface area contributed by atoms with Crippen LogP contribution in [0, 0.1) is 11.3 Å². The van der Waals surface area contributed by atoms with Crippen LogP contribution in [0.15, 0.2) is 72.8 Å². The van der Waals surface area contributed by atoms with Gasteiger partial charge in [-0.2, -0.15) is 18.4 Å². The first-order valence-electron chi connectivity index (χ1n) is 10.9. The van der Waals surface area contributed by atoms with Crippen molar-refractivity contribution in [1.29, 1.82) is 5.26 Å². The number of nitrogens with zero attached hydrogens (tertiary/aromatic N) is 3. The molecule has 1 aliphatic heterocycles. The Morgan fingerprint density at radius 3 is 2.46 bits per heavy atom. The number of anilines is 2. The van der Waals surface area contributed by atoms with Crippen LogP contribution < -0.4 is 10.2 Å². The summed E-state index contributed by atoms with van der Waals surface area (Å²) in [6.45, 7) is 1.36. The van der Waals surface area contributed by atoms with Crippen molar-refractivity contribution in [1.82, 2.24) is 4.90 Å². The predicted molar refractivity (Wildman–Crippen MR) is 125 cm³/mol. The van der Waals surface area contributed by atoms with Crippen molar-refractivity contribution in [3.63, 3.8) is 0 Å². The Bertz CT molecular complexity index is 1280. The van der Waals surface area contributed by atoms with Crippen LogP contribution in [0.4, 0.5) is 29.3 Å². The highest BCUT2D eigenvalue weighted by atomic mass is 19.4. The summed E-state index contributed by atoms with van der Waals surface area (Å²) in [4.78, 5) is 29.0. The van der Waals surface area contributed by atoms with E-state index < -0.39 is 17.6 Å². The fourth-order valence-corrected chi connectivity index (χ4v) is 3.91. The van der Waals surface area contributed by atoms with Crippen molar-refractivity contribution >= 4 is 23.3 Å². The zero-order chi connectivity index (χ0) is 25.0. The molecule has 0 bridgehead atoms. The summed E-state index contributed by atoms with van der Waals surface area (Å²) < 4.78 is 38.3. The number of halogens is 3. The Morgan fingerprint density at radius 1 is 1.00 bits per heavy atom. The molecule has 1 saturated heterocycles. The van der Waals surface area contributed by atoms with Gasteiger partial charge in [0.1, 0.15) is 0 Å². The van der Waals surface area contributed by atoms with Gasteiger partial charge in [0.2, 0.25) is 0 Å². The van der Waals surface area contributed by atoms with Gasteiger partial charge in [0.05, 0.1) is 17.2 Å². The van der Waals surface area contributed by atoms with Gasteiger partial charge in [-0.05, 0) is 60.5 Å². The van der Waals surface area contributed by atoms with Crippen LogP contribution in [0.1, 0.15) is 33.5 Å². The van der Waals surface area contributed by atoms with Crippen LogP contribution in [0.5, 0.6) is 0 Å². The van der Waals surface area contributed by atoms with Crippen LogP contribution in [0.25, 0.3) is 0 Å². The SMILES string of the molecule is N#Cc1ccccc1CN1CCCN(c2cccc(NC(=O)c3ccc(C(F)(F)F)cc3)c2)C1=O. The highest BCUT2D eigenvalue weighted by molar-refractivity contribution is 6.04. The molecule has 0 unspecified atom stereocenters. The zero-order valence-corrected chi connectivity index (χ0v) is 18.5. The third-order valence-corrected chi connectivity index (χ3v) is 5.70. The molecule has 1 heterocycles. The number of carbonyl (C=O) groups is 2. The van der Waals surface area contributed by atoms with Crippen molar-refractivity contribution in [3.8, 4) is 6.07 Å². The van der Waals surface area contributed by atoms with E-state index in [2.05, 4.69) is 11.4 Å². The minimum atomic E-state index is -4.48. The van der Waals surface area contributed by atoms with Crippen molar-refractivity contribution in [2.45, 2.75) is 19.1 Å². The van der Waals surface area contributed by atoms with Crippen LogP contribution in [-0.4, -0.2) is 29.9 Å². The molecule has 4 rings (SSSR count). The molecule has 1 fully saturated rings. The molecule has 0 saturated carbocycles. The standard InChI is InChI=1S/C26H21F3N4O2/c27-26(28,29)21-11-9-18(10-12-21)24(34)31-22-7-3-8-23(15-22)33-14-4-13-32(25(33)35)17-20-6-2-1-5-19(20)16-30/h1-3,5-12,15H,4,13-14,17H2,(H,31,34). The number of urea groups is 1. The molecular weight excluding hydrogens is 457 g/mol. The van der Waals surface area contributed by atoms with Crippen molar-refractivity contribution < 1.29 is 22.8 Å². The van der Waals surface area contributed by atoms with Crippen molar-refractivity contribution in [2.75, 3.05) is 23.3 Å². The van der Waals surface area contributed by atoms with Gasteiger partial charge >= 0.3 is 12.2 Å². The molecule has 3 aromatic carbocycles. The van der Waals surface area contributed by atoms with E-state index in [1.807, 2.05) is 12.1 Å². The van der Waals surface area contributed by atoms with Gasteiger partial charge in [0.15, 0.2) is 0 Å². The lowest BCUT2D eigenvalue weighted by atomic mass is 10.1. The molecule has 178 valence electrons. The first-order chi connectivity index (χ1) is 16.8. The van der Waals surface area contributed by atoms with Crippen LogP contribution in [-0.2, 0) is 12.7 Å². The molecular formula is C26H21F3N4O2. The number of hydrogen-bond donors (Lipinski definition) is 1. The third-order valence-electron chi connectivity index (χ3n) is 5.70. The predicted octanol–water partition coefficient (Wildman–Crippen LogP) is 5.66. The quantitative estimate of drug-likeness (QED) is 0.514. The maximum atomic E-state index is 13.2. The first kappa shape index (κ1) is 23.8. The van der Waals surface area contributed by atoms with Crippen molar-refractivity contribution in [3.05, 3.63) is 95.1 Å². The number of hydrogen-bond acceptors (Lipinski definition) is 3. The highest BCUT2D eigenvalue weighted by Gasteiger charge is 2.30.